The molecule has 0 saturated carbocycles. The summed E-state index contributed by atoms with van der Waals surface area (Å²) in [7, 11) is 0. The van der Waals surface area contributed by atoms with Gasteiger partial charge >= 0.3 is 12.1 Å². The van der Waals surface area contributed by atoms with Crippen LogP contribution in [0, 0.1) is 0 Å². The number of esters is 1. The molecule has 0 aliphatic carbocycles. The van der Waals surface area contributed by atoms with Crippen LogP contribution in [0.3, 0.4) is 0 Å². The molecule has 7 nitrogen and oxygen atoms in total. The summed E-state index contributed by atoms with van der Waals surface area (Å²) < 4.78 is 48.9. The lowest BCUT2D eigenvalue weighted by Gasteiger charge is -2.16. The van der Waals surface area contributed by atoms with E-state index in [9.17, 15) is 27.6 Å². The molecule has 1 aromatic heterocycles. The lowest BCUT2D eigenvalue weighted by molar-refractivity contribution is -0.137. The van der Waals surface area contributed by atoms with Gasteiger partial charge in [0.05, 0.1) is 33.8 Å². The number of carbonyl (C=O) groups is 3. The van der Waals surface area contributed by atoms with Crippen molar-refractivity contribution in [2.75, 3.05) is 10.6 Å². The topological polar surface area (TPSA) is 97.6 Å². The molecule has 2 N–H and O–H groups in total. The zero-order valence-electron chi connectivity index (χ0n) is 16.9. The third kappa shape index (κ3) is 5.92. The minimum absolute atomic E-state index is 0.0175. The molecule has 0 aliphatic rings. The molecule has 0 spiro atoms. The van der Waals surface area contributed by atoms with Crippen LogP contribution in [0.5, 0.6) is 0 Å². The van der Waals surface area contributed by atoms with Gasteiger partial charge in [-0.2, -0.15) is 13.2 Å². The molecule has 0 bridgehead atoms. The maximum Gasteiger partial charge on any atom is 0.416 e. The fraction of sp³-hybridized carbons (Fsp3) is 0.136. The molecule has 3 rings (SSSR count). The van der Waals surface area contributed by atoms with E-state index < -0.39 is 35.6 Å². The van der Waals surface area contributed by atoms with E-state index in [4.69, 9.17) is 20.8 Å². The van der Waals surface area contributed by atoms with Gasteiger partial charge in [0, 0.05) is 0 Å². The van der Waals surface area contributed by atoms with E-state index >= 15 is 0 Å². The van der Waals surface area contributed by atoms with Crippen LogP contribution >= 0.6 is 11.6 Å². The second-order valence-electron chi connectivity index (χ2n) is 6.71. The van der Waals surface area contributed by atoms with Gasteiger partial charge in [-0.3, -0.25) is 9.59 Å². The number of hydrogen-bond donors (Lipinski definition) is 2. The van der Waals surface area contributed by atoms with Crippen molar-refractivity contribution in [1.29, 1.82) is 0 Å². The molecule has 1 heterocycles. The van der Waals surface area contributed by atoms with Crippen LogP contribution < -0.4 is 10.6 Å². The third-order valence-corrected chi connectivity index (χ3v) is 4.67. The zero-order valence-corrected chi connectivity index (χ0v) is 17.7. The number of anilines is 2. The molecule has 0 aliphatic heterocycles. The van der Waals surface area contributed by atoms with Gasteiger partial charge in [-0.1, -0.05) is 23.7 Å². The number of amides is 2. The van der Waals surface area contributed by atoms with Crippen LogP contribution in [-0.4, -0.2) is 23.9 Å². The third-order valence-electron chi connectivity index (χ3n) is 4.34. The number of hydrogen-bond acceptors (Lipinski definition) is 5. The van der Waals surface area contributed by atoms with Crippen molar-refractivity contribution in [3.05, 3.63) is 82.8 Å². The highest BCUT2D eigenvalue weighted by Gasteiger charge is 2.31. The van der Waals surface area contributed by atoms with E-state index in [-0.39, 0.29) is 27.7 Å². The summed E-state index contributed by atoms with van der Waals surface area (Å²) in [6.45, 7) is 1.23. The van der Waals surface area contributed by atoms with Gasteiger partial charge in [0.25, 0.3) is 11.8 Å². The molecule has 172 valence electrons. The first-order valence-electron chi connectivity index (χ1n) is 9.38. The van der Waals surface area contributed by atoms with Crippen LogP contribution in [0.2, 0.25) is 5.02 Å². The Morgan fingerprint density at radius 1 is 1.00 bits per heavy atom. The first-order chi connectivity index (χ1) is 15.6. The van der Waals surface area contributed by atoms with E-state index in [0.29, 0.717) is 6.07 Å². The van der Waals surface area contributed by atoms with Crippen molar-refractivity contribution in [1.82, 2.24) is 0 Å². The summed E-state index contributed by atoms with van der Waals surface area (Å²) in [4.78, 5) is 37.2. The van der Waals surface area contributed by atoms with Crippen molar-refractivity contribution in [2.45, 2.75) is 19.2 Å². The molecule has 2 amide bonds. The molecule has 1 unspecified atom stereocenters. The number of halogens is 4. The maximum atomic E-state index is 12.9. The van der Waals surface area contributed by atoms with Gasteiger partial charge in [-0.25, -0.2) is 4.79 Å². The first-order valence-corrected chi connectivity index (χ1v) is 9.76. The summed E-state index contributed by atoms with van der Waals surface area (Å²) in [5, 5.41) is 4.60. The molecule has 3 aromatic rings. The van der Waals surface area contributed by atoms with E-state index in [1.54, 1.807) is 6.07 Å². The number of rotatable bonds is 6. The SMILES string of the molecule is CC(OC(=O)c1ccccc1NC(=O)c1ccco1)C(=O)Nc1cc(C(F)(F)F)ccc1Cl. The molecule has 1 atom stereocenters. The lowest BCUT2D eigenvalue weighted by atomic mass is 10.1. The summed E-state index contributed by atoms with van der Waals surface area (Å²) in [6, 6.07) is 11.3. The fourth-order valence-corrected chi connectivity index (χ4v) is 2.84. The van der Waals surface area contributed by atoms with Gasteiger partial charge in [-0.05, 0) is 49.4 Å². The minimum Gasteiger partial charge on any atom is -0.459 e. The number of carbonyl (C=O) groups excluding carboxylic acids is 3. The van der Waals surface area contributed by atoms with Crippen molar-refractivity contribution < 1.29 is 36.7 Å². The Morgan fingerprint density at radius 3 is 2.39 bits per heavy atom. The predicted molar refractivity (Wildman–Crippen MR) is 113 cm³/mol. The molecule has 33 heavy (non-hydrogen) atoms. The smallest absolute Gasteiger partial charge is 0.416 e. The number of alkyl halides is 3. The highest BCUT2D eigenvalue weighted by molar-refractivity contribution is 6.33. The van der Waals surface area contributed by atoms with E-state index in [1.807, 2.05) is 0 Å². The second kappa shape index (κ2) is 9.78. The largest absolute Gasteiger partial charge is 0.459 e. The van der Waals surface area contributed by atoms with Gasteiger partial charge < -0.3 is 19.8 Å². The number of para-hydroxylation sites is 1. The second-order valence-corrected chi connectivity index (χ2v) is 7.11. The number of benzene rings is 2. The Morgan fingerprint density at radius 2 is 1.73 bits per heavy atom. The Hall–Kier alpha value is -3.79. The van der Waals surface area contributed by atoms with Gasteiger partial charge in [0.15, 0.2) is 11.9 Å². The quantitative estimate of drug-likeness (QED) is 0.461. The number of ether oxygens (including phenoxy) is 1. The Labute approximate surface area is 190 Å². The summed E-state index contributed by atoms with van der Waals surface area (Å²) in [6.07, 6.45) is -4.71. The van der Waals surface area contributed by atoms with Crippen LogP contribution in [0.15, 0.2) is 65.3 Å². The van der Waals surface area contributed by atoms with E-state index in [2.05, 4.69) is 10.6 Å². The van der Waals surface area contributed by atoms with Crippen molar-refractivity contribution in [3.8, 4) is 0 Å². The van der Waals surface area contributed by atoms with Gasteiger partial charge in [-0.15, -0.1) is 0 Å². The fourth-order valence-electron chi connectivity index (χ4n) is 2.67. The van der Waals surface area contributed by atoms with Crippen LogP contribution in [0.25, 0.3) is 0 Å². The van der Waals surface area contributed by atoms with Crippen molar-refractivity contribution in [2.24, 2.45) is 0 Å². The maximum absolute atomic E-state index is 12.9. The molecule has 11 heteroatoms. The molecule has 0 radical (unpaired) electrons. The average Bonchev–Trinajstić information content (AvgIpc) is 3.30. The summed E-state index contributed by atoms with van der Waals surface area (Å²) >= 11 is 5.87. The van der Waals surface area contributed by atoms with Crippen molar-refractivity contribution >= 4 is 40.8 Å². The summed E-state index contributed by atoms with van der Waals surface area (Å²) in [5.41, 5.74) is -1.23. The van der Waals surface area contributed by atoms with E-state index in [0.717, 1.165) is 12.1 Å². The molecule has 0 saturated heterocycles. The lowest BCUT2D eigenvalue weighted by Crippen LogP contribution is -2.30. The zero-order chi connectivity index (χ0) is 24.2. The highest BCUT2D eigenvalue weighted by atomic mass is 35.5. The van der Waals surface area contributed by atoms with Gasteiger partial charge in [0.1, 0.15) is 0 Å². The Balaban J connectivity index is 1.70. The monoisotopic (exact) mass is 480 g/mol. The molecule has 2 aromatic carbocycles. The normalized spacial score (nSPS) is 12.0. The van der Waals surface area contributed by atoms with Crippen LogP contribution in [0.4, 0.5) is 24.5 Å². The summed E-state index contributed by atoms with van der Waals surface area (Å²) in [5.74, 6) is -2.43. The molecular formula is C22H16ClF3N2O5. The average molecular weight is 481 g/mol. The first kappa shape index (κ1) is 23.9. The number of nitrogens with one attached hydrogen (secondary N) is 2. The Kier molecular flexibility index (Phi) is 7.07. The van der Waals surface area contributed by atoms with Crippen LogP contribution in [-0.2, 0) is 15.7 Å². The van der Waals surface area contributed by atoms with Crippen molar-refractivity contribution in [3.63, 3.8) is 0 Å². The highest BCUT2D eigenvalue weighted by Crippen LogP contribution is 2.34. The van der Waals surface area contributed by atoms with E-state index in [1.165, 1.54) is 43.5 Å². The molecule has 0 fully saturated rings. The van der Waals surface area contributed by atoms with Crippen LogP contribution in [0.1, 0.15) is 33.4 Å². The standard InChI is InChI=1S/C22H16ClF3N2O5/c1-12(19(29)28-17-11-13(22(24,25)26)8-9-15(17)23)33-21(31)14-5-2-3-6-16(14)27-20(30)18-7-4-10-32-18/h2-12H,1H3,(H,27,30)(H,28,29). The number of furan rings is 1. The minimum atomic E-state index is -4.63. The predicted octanol–water partition coefficient (Wildman–Crippen LogP) is 5.39. The Bertz CT molecular complexity index is 1180. The van der Waals surface area contributed by atoms with Gasteiger partial charge in [0.2, 0.25) is 0 Å². The molecular weight excluding hydrogens is 465 g/mol.